The van der Waals surface area contributed by atoms with Crippen molar-refractivity contribution in [3.05, 3.63) is 23.9 Å². The van der Waals surface area contributed by atoms with Crippen molar-refractivity contribution in [1.29, 1.82) is 0 Å². The van der Waals surface area contributed by atoms with Crippen molar-refractivity contribution in [3.8, 4) is 0 Å². The second kappa shape index (κ2) is 5.39. The first-order chi connectivity index (χ1) is 8.91. The number of anilines is 1. The Labute approximate surface area is 111 Å². The van der Waals surface area contributed by atoms with E-state index in [1.807, 2.05) is 0 Å². The quantitative estimate of drug-likeness (QED) is 0.885. The molecule has 0 aliphatic heterocycles. The van der Waals surface area contributed by atoms with Gasteiger partial charge in [0.05, 0.1) is 0 Å². The number of hydrogen-bond donors (Lipinski definition) is 1. The normalized spacial score (nSPS) is 27.5. The van der Waals surface area contributed by atoms with E-state index in [9.17, 15) is 13.2 Å². The topological polar surface area (TPSA) is 24.9 Å². The molecule has 0 bridgehead atoms. The van der Waals surface area contributed by atoms with Gasteiger partial charge in [0.2, 0.25) is 0 Å². The standard InChI is InChI=1S/C14H19F3N2/c1-3-10-7-8-11(9(10)2)18-13-6-4-5-12(19-13)14(15,16)17/h4-6,9-11H,3,7-8H2,1-2H3,(H,18,19). The van der Waals surface area contributed by atoms with Gasteiger partial charge in [-0.2, -0.15) is 13.2 Å². The molecule has 2 nitrogen and oxygen atoms in total. The summed E-state index contributed by atoms with van der Waals surface area (Å²) in [5, 5.41) is 3.16. The van der Waals surface area contributed by atoms with E-state index in [-0.39, 0.29) is 6.04 Å². The summed E-state index contributed by atoms with van der Waals surface area (Å²) in [6.45, 7) is 4.32. The van der Waals surface area contributed by atoms with Crippen molar-refractivity contribution >= 4 is 5.82 Å². The Bertz CT molecular complexity index is 431. The minimum absolute atomic E-state index is 0.223. The molecular formula is C14H19F3N2. The van der Waals surface area contributed by atoms with Gasteiger partial charge in [0.25, 0.3) is 0 Å². The Morgan fingerprint density at radius 1 is 1.32 bits per heavy atom. The average molecular weight is 272 g/mol. The van der Waals surface area contributed by atoms with Crippen molar-refractivity contribution in [1.82, 2.24) is 4.98 Å². The number of nitrogens with one attached hydrogen (secondary N) is 1. The van der Waals surface area contributed by atoms with Crippen LogP contribution in [0, 0.1) is 11.8 Å². The van der Waals surface area contributed by atoms with Crippen LogP contribution in [0.1, 0.15) is 38.8 Å². The molecule has 0 radical (unpaired) electrons. The third-order valence-electron chi connectivity index (χ3n) is 4.12. The predicted octanol–water partition coefficient (Wildman–Crippen LogP) is 4.34. The monoisotopic (exact) mass is 272 g/mol. The number of pyridine rings is 1. The maximum atomic E-state index is 12.6. The number of alkyl halides is 3. The second-order valence-electron chi connectivity index (χ2n) is 5.26. The number of rotatable bonds is 3. The minimum Gasteiger partial charge on any atom is -0.367 e. The molecule has 0 aromatic carbocycles. The molecule has 1 N–H and O–H groups in total. The van der Waals surface area contributed by atoms with Gasteiger partial charge in [-0.25, -0.2) is 4.98 Å². The van der Waals surface area contributed by atoms with Crippen molar-refractivity contribution < 1.29 is 13.2 Å². The lowest BCUT2D eigenvalue weighted by atomic mass is 9.93. The van der Waals surface area contributed by atoms with Crippen LogP contribution in [0.3, 0.4) is 0 Å². The largest absolute Gasteiger partial charge is 0.433 e. The highest BCUT2D eigenvalue weighted by Crippen LogP contribution is 2.36. The molecule has 19 heavy (non-hydrogen) atoms. The lowest BCUT2D eigenvalue weighted by Crippen LogP contribution is -2.25. The molecular weight excluding hydrogens is 253 g/mol. The maximum Gasteiger partial charge on any atom is 0.433 e. The highest BCUT2D eigenvalue weighted by atomic mass is 19.4. The van der Waals surface area contributed by atoms with Crippen LogP contribution in [0.5, 0.6) is 0 Å². The zero-order valence-electron chi connectivity index (χ0n) is 11.2. The first-order valence-electron chi connectivity index (χ1n) is 6.72. The van der Waals surface area contributed by atoms with E-state index in [0.717, 1.165) is 25.3 Å². The Morgan fingerprint density at radius 3 is 2.63 bits per heavy atom. The molecule has 1 aromatic rings. The Kier molecular flexibility index (Phi) is 4.02. The van der Waals surface area contributed by atoms with E-state index >= 15 is 0 Å². The van der Waals surface area contributed by atoms with E-state index in [2.05, 4.69) is 24.1 Å². The molecule has 3 unspecified atom stereocenters. The Hall–Kier alpha value is -1.26. The summed E-state index contributed by atoms with van der Waals surface area (Å²) in [5.74, 6) is 1.45. The molecule has 1 aromatic heterocycles. The van der Waals surface area contributed by atoms with E-state index in [0.29, 0.717) is 17.7 Å². The highest BCUT2D eigenvalue weighted by Gasteiger charge is 2.34. The van der Waals surface area contributed by atoms with Crippen LogP contribution in [0.2, 0.25) is 0 Å². The van der Waals surface area contributed by atoms with Crippen LogP contribution in [-0.2, 0) is 6.18 Å². The number of aromatic nitrogens is 1. The third kappa shape index (κ3) is 3.19. The van der Waals surface area contributed by atoms with Gasteiger partial charge < -0.3 is 5.32 Å². The molecule has 5 heteroatoms. The number of halogens is 3. The lowest BCUT2D eigenvalue weighted by Gasteiger charge is -2.21. The van der Waals surface area contributed by atoms with Gasteiger partial charge in [-0.3, -0.25) is 0 Å². The van der Waals surface area contributed by atoms with Gasteiger partial charge in [0, 0.05) is 6.04 Å². The number of nitrogens with zero attached hydrogens (tertiary/aromatic N) is 1. The van der Waals surface area contributed by atoms with Gasteiger partial charge in [0.15, 0.2) is 0 Å². The SMILES string of the molecule is CCC1CCC(Nc2cccc(C(F)(F)F)n2)C1C. The Morgan fingerprint density at radius 2 is 2.05 bits per heavy atom. The summed E-state index contributed by atoms with van der Waals surface area (Å²) in [6, 6.07) is 4.22. The molecule has 1 fully saturated rings. The second-order valence-corrected chi connectivity index (χ2v) is 5.26. The van der Waals surface area contributed by atoms with Gasteiger partial charge in [-0.15, -0.1) is 0 Å². The fraction of sp³-hybridized carbons (Fsp3) is 0.643. The summed E-state index contributed by atoms with van der Waals surface area (Å²) in [7, 11) is 0. The minimum atomic E-state index is -4.38. The van der Waals surface area contributed by atoms with Crippen LogP contribution in [-0.4, -0.2) is 11.0 Å². The van der Waals surface area contributed by atoms with E-state index in [1.54, 1.807) is 6.07 Å². The predicted molar refractivity (Wildman–Crippen MR) is 68.8 cm³/mol. The van der Waals surface area contributed by atoms with Crippen LogP contribution >= 0.6 is 0 Å². The third-order valence-corrected chi connectivity index (χ3v) is 4.12. The summed E-state index contributed by atoms with van der Waals surface area (Å²) >= 11 is 0. The van der Waals surface area contributed by atoms with Gasteiger partial charge in [-0.05, 0) is 36.8 Å². The van der Waals surface area contributed by atoms with Crippen LogP contribution in [0.25, 0.3) is 0 Å². The average Bonchev–Trinajstić information content (AvgIpc) is 2.70. The van der Waals surface area contributed by atoms with Gasteiger partial charge in [-0.1, -0.05) is 26.3 Å². The molecule has 1 aliphatic carbocycles. The van der Waals surface area contributed by atoms with Crippen molar-refractivity contribution in [3.63, 3.8) is 0 Å². The fourth-order valence-electron chi connectivity index (χ4n) is 2.89. The van der Waals surface area contributed by atoms with Gasteiger partial charge >= 0.3 is 6.18 Å². The van der Waals surface area contributed by atoms with Crippen LogP contribution in [0.4, 0.5) is 19.0 Å². The summed E-state index contributed by atoms with van der Waals surface area (Å²) in [4.78, 5) is 3.66. The van der Waals surface area contributed by atoms with Crippen LogP contribution < -0.4 is 5.32 Å². The molecule has 1 aliphatic rings. The summed E-state index contributed by atoms with van der Waals surface area (Å²) in [5.41, 5.74) is -0.838. The molecule has 1 saturated carbocycles. The van der Waals surface area contributed by atoms with Crippen LogP contribution in [0.15, 0.2) is 18.2 Å². The first-order valence-corrected chi connectivity index (χ1v) is 6.72. The molecule has 106 valence electrons. The van der Waals surface area contributed by atoms with E-state index < -0.39 is 11.9 Å². The van der Waals surface area contributed by atoms with Gasteiger partial charge in [0.1, 0.15) is 11.5 Å². The molecule has 1 heterocycles. The zero-order chi connectivity index (χ0) is 14.0. The molecule has 2 rings (SSSR count). The molecule has 0 spiro atoms. The number of hydrogen-bond acceptors (Lipinski definition) is 2. The van der Waals surface area contributed by atoms with Crippen molar-refractivity contribution in [2.75, 3.05) is 5.32 Å². The molecule has 0 amide bonds. The summed E-state index contributed by atoms with van der Waals surface area (Å²) in [6.07, 6.45) is -1.13. The van der Waals surface area contributed by atoms with Crippen molar-refractivity contribution in [2.45, 2.75) is 45.3 Å². The Balaban J connectivity index is 2.08. The van der Waals surface area contributed by atoms with E-state index in [4.69, 9.17) is 0 Å². The first kappa shape index (κ1) is 14.2. The highest BCUT2D eigenvalue weighted by molar-refractivity contribution is 5.37. The smallest absolute Gasteiger partial charge is 0.367 e. The van der Waals surface area contributed by atoms with E-state index in [1.165, 1.54) is 6.07 Å². The fourth-order valence-corrected chi connectivity index (χ4v) is 2.89. The lowest BCUT2D eigenvalue weighted by molar-refractivity contribution is -0.141. The zero-order valence-corrected chi connectivity index (χ0v) is 11.2. The molecule has 3 atom stereocenters. The molecule has 0 saturated heterocycles. The maximum absolute atomic E-state index is 12.6. The van der Waals surface area contributed by atoms with Crippen molar-refractivity contribution in [2.24, 2.45) is 11.8 Å². The summed E-state index contributed by atoms with van der Waals surface area (Å²) < 4.78 is 37.8.